The third kappa shape index (κ3) is 2.74. The molecule has 5 rings (SSSR count). The number of fused-ring (bicyclic) bond motifs is 3. The number of nitrogens with zero attached hydrogens (tertiary/aromatic N) is 1. The van der Waals surface area contributed by atoms with Crippen LogP contribution in [0.2, 0.25) is 5.02 Å². The summed E-state index contributed by atoms with van der Waals surface area (Å²) in [5.74, 6) is 0. The number of pyridine rings is 1. The fraction of sp³-hybridized carbons (Fsp3) is 0.174. The Hall–Kier alpha value is -2.16. The van der Waals surface area contributed by atoms with Crippen molar-refractivity contribution in [3.63, 3.8) is 0 Å². The maximum absolute atomic E-state index is 6.07. The molecule has 0 radical (unpaired) electrons. The van der Waals surface area contributed by atoms with Gasteiger partial charge in [0.1, 0.15) is 4.83 Å². The monoisotopic (exact) mass is 375 g/mol. The van der Waals surface area contributed by atoms with Crippen LogP contribution in [0.15, 0.2) is 60.7 Å². The zero-order valence-corrected chi connectivity index (χ0v) is 15.9. The number of aryl methyl sites for hydroxylation is 2. The van der Waals surface area contributed by atoms with Crippen molar-refractivity contribution in [2.45, 2.75) is 25.7 Å². The lowest BCUT2D eigenvalue weighted by atomic mass is 9.92. The topological polar surface area (TPSA) is 12.9 Å². The smallest absolute Gasteiger partial charge is 0.125 e. The van der Waals surface area contributed by atoms with Crippen LogP contribution >= 0.6 is 22.9 Å². The Morgan fingerprint density at radius 2 is 1.62 bits per heavy atom. The summed E-state index contributed by atoms with van der Waals surface area (Å²) in [5.41, 5.74) is 6.23. The van der Waals surface area contributed by atoms with Crippen LogP contribution in [0.25, 0.3) is 32.6 Å². The van der Waals surface area contributed by atoms with Gasteiger partial charge in [0.15, 0.2) is 0 Å². The van der Waals surface area contributed by atoms with Crippen molar-refractivity contribution in [1.82, 2.24) is 4.98 Å². The molecule has 0 spiro atoms. The van der Waals surface area contributed by atoms with E-state index in [4.69, 9.17) is 16.6 Å². The van der Waals surface area contributed by atoms with Crippen molar-refractivity contribution < 1.29 is 0 Å². The molecule has 1 nitrogen and oxygen atoms in total. The molecule has 0 atom stereocenters. The molecule has 0 saturated carbocycles. The quantitative estimate of drug-likeness (QED) is 0.362. The van der Waals surface area contributed by atoms with Crippen LogP contribution in [0, 0.1) is 0 Å². The van der Waals surface area contributed by atoms with Crippen molar-refractivity contribution in [1.29, 1.82) is 0 Å². The van der Waals surface area contributed by atoms with Crippen molar-refractivity contribution in [3.05, 3.63) is 76.1 Å². The average Bonchev–Trinajstić information content (AvgIpc) is 3.07. The van der Waals surface area contributed by atoms with Gasteiger partial charge in [0.2, 0.25) is 0 Å². The van der Waals surface area contributed by atoms with E-state index in [1.165, 1.54) is 57.5 Å². The van der Waals surface area contributed by atoms with Gasteiger partial charge >= 0.3 is 0 Å². The highest BCUT2D eigenvalue weighted by molar-refractivity contribution is 7.19. The first kappa shape index (κ1) is 16.0. The molecule has 0 saturated heterocycles. The summed E-state index contributed by atoms with van der Waals surface area (Å²) in [6.45, 7) is 0. The predicted octanol–water partition coefficient (Wildman–Crippen LogP) is 7.16. The lowest BCUT2D eigenvalue weighted by Crippen LogP contribution is -1.98. The highest BCUT2D eigenvalue weighted by Crippen LogP contribution is 2.42. The zero-order chi connectivity index (χ0) is 17.5. The van der Waals surface area contributed by atoms with Gasteiger partial charge in [-0.2, -0.15) is 0 Å². The summed E-state index contributed by atoms with van der Waals surface area (Å²) < 4.78 is 0. The molecule has 128 valence electrons. The number of hydrogen-bond donors (Lipinski definition) is 0. The first-order valence-electron chi connectivity index (χ1n) is 9.06. The Bertz CT molecular complexity index is 1080. The molecule has 1 aliphatic carbocycles. The summed E-state index contributed by atoms with van der Waals surface area (Å²) in [6.07, 6.45) is 4.95. The molecule has 0 fully saturated rings. The van der Waals surface area contributed by atoms with Gasteiger partial charge in [0.05, 0.1) is 5.69 Å². The standard InChI is InChI=1S/C23H18ClNS/c24-17-12-10-16(11-13-17)20-14-19(15-6-2-1-3-7-15)22-18-8-4-5-9-21(18)26-23(22)25-20/h1-3,6-7,10-14H,4-5,8-9H2. The second-order valence-electron chi connectivity index (χ2n) is 6.82. The lowest BCUT2D eigenvalue weighted by Gasteiger charge is -2.13. The van der Waals surface area contributed by atoms with Gasteiger partial charge in [0, 0.05) is 20.8 Å². The van der Waals surface area contributed by atoms with Crippen LogP contribution in [-0.4, -0.2) is 4.98 Å². The van der Waals surface area contributed by atoms with Crippen LogP contribution in [0.4, 0.5) is 0 Å². The van der Waals surface area contributed by atoms with Gasteiger partial charge in [-0.1, -0.05) is 54.1 Å². The van der Waals surface area contributed by atoms with Crippen LogP contribution in [0.1, 0.15) is 23.3 Å². The number of thiophene rings is 1. The Morgan fingerprint density at radius 1 is 0.846 bits per heavy atom. The van der Waals surface area contributed by atoms with Crippen molar-refractivity contribution in [3.8, 4) is 22.4 Å². The van der Waals surface area contributed by atoms with E-state index in [1.807, 2.05) is 23.5 Å². The SMILES string of the molecule is Clc1ccc(-c2cc(-c3ccccc3)c3c4c(sc3n2)CCCC4)cc1. The van der Waals surface area contributed by atoms with E-state index in [1.54, 1.807) is 0 Å². The minimum atomic E-state index is 0.754. The minimum Gasteiger partial charge on any atom is -0.237 e. The molecule has 0 amide bonds. The summed E-state index contributed by atoms with van der Waals surface area (Å²) >= 11 is 7.96. The number of benzene rings is 2. The van der Waals surface area contributed by atoms with Gasteiger partial charge in [-0.25, -0.2) is 4.98 Å². The number of rotatable bonds is 2. The minimum absolute atomic E-state index is 0.754. The lowest BCUT2D eigenvalue weighted by molar-refractivity contribution is 0.700. The summed E-state index contributed by atoms with van der Waals surface area (Å²) in [7, 11) is 0. The summed E-state index contributed by atoms with van der Waals surface area (Å²) in [5, 5.41) is 2.12. The molecular formula is C23H18ClNS. The van der Waals surface area contributed by atoms with Crippen LogP contribution < -0.4 is 0 Å². The average molecular weight is 376 g/mol. The fourth-order valence-corrected chi connectivity index (χ4v) is 5.28. The van der Waals surface area contributed by atoms with Crippen molar-refractivity contribution >= 4 is 33.2 Å². The molecule has 26 heavy (non-hydrogen) atoms. The van der Waals surface area contributed by atoms with Gasteiger partial charge in [0.25, 0.3) is 0 Å². The summed E-state index contributed by atoms with van der Waals surface area (Å²) in [4.78, 5) is 7.74. The van der Waals surface area contributed by atoms with Crippen LogP contribution in [0.3, 0.4) is 0 Å². The molecule has 1 aliphatic rings. The van der Waals surface area contributed by atoms with E-state index in [-0.39, 0.29) is 0 Å². The molecule has 4 aromatic rings. The van der Waals surface area contributed by atoms with Gasteiger partial charge in [-0.15, -0.1) is 11.3 Å². The molecule has 2 aromatic carbocycles. The Labute approximate surface area is 162 Å². The molecule has 3 heteroatoms. The van der Waals surface area contributed by atoms with Crippen molar-refractivity contribution in [2.75, 3.05) is 0 Å². The molecule has 0 aliphatic heterocycles. The van der Waals surface area contributed by atoms with E-state index in [9.17, 15) is 0 Å². The van der Waals surface area contributed by atoms with Gasteiger partial charge in [-0.05, 0) is 60.6 Å². The Balaban J connectivity index is 1.80. The van der Waals surface area contributed by atoms with Crippen LogP contribution in [0.5, 0.6) is 0 Å². The highest BCUT2D eigenvalue weighted by Gasteiger charge is 2.21. The third-order valence-corrected chi connectivity index (χ3v) is 6.59. The van der Waals surface area contributed by atoms with E-state index >= 15 is 0 Å². The molecule has 0 N–H and O–H groups in total. The first-order valence-corrected chi connectivity index (χ1v) is 10.3. The zero-order valence-electron chi connectivity index (χ0n) is 14.3. The third-order valence-electron chi connectivity index (χ3n) is 5.15. The normalized spacial score (nSPS) is 13.7. The molecule has 0 unspecified atom stereocenters. The highest BCUT2D eigenvalue weighted by atomic mass is 35.5. The Kier molecular flexibility index (Phi) is 4.03. The second-order valence-corrected chi connectivity index (χ2v) is 8.34. The van der Waals surface area contributed by atoms with E-state index < -0.39 is 0 Å². The van der Waals surface area contributed by atoms with E-state index in [0.29, 0.717) is 0 Å². The van der Waals surface area contributed by atoms with Crippen molar-refractivity contribution in [2.24, 2.45) is 0 Å². The molecule has 0 bridgehead atoms. The fourth-order valence-electron chi connectivity index (χ4n) is 3.87. The van der Waals surface area contributed by atoms with Crippen LogP contribution in [-0.2, 0) is 12.8 Å². The number of hydrogen-bond acceptors (Lipinski definition) is 2. The van der Waals surface area contributed by atoms with E-state index in [0.717, 1.165) is 16.3 Å². The Morgan fingerprint density at radius 3 is 2.42 bits per heavy atom. The molecule has 2 heterocycles. The maximum Gasteiger partial charge on any atom is 0.125 e. The second kappa shape index (κ2) is 6.53. The van der Waals surface area contributed by atoms with Gasteiger partial charge in [-0.3, -0.25) is 0 Å². The first-order chi connectivity index (χ1) is 12.8. The molecule has 2 aromatic heterocycles. The van der Waals surface area contributed by atoms with E-state index in [2.05, 4.69) is 48.5 Å². The number of halogens is 1. The number of aromatic nitrogens is 1. The maximum atomic E-state index is 6.07. The summed E-state index contributed by atoms with van der Waals surface area (Å²) in [6, 6.07) is 20.9. The predicted molar refractivity (Wildman–Crippen MR) is 112 cm³/mol. The largest absolute Gasteiger partial charge is 0.237 e. The van der Waals surface area contributed by atoms with Gasteiger partial charge < -0.3 is 0 Å². The molecular weight excluding hydrogens is 358 g/mol.